The molecule has 7 heteroatoms. The first kappa shape index (κ1) is 19.2. The Labute approximate surface area is 159 Å². The van der Waals surface area contributed by atoms with E-state index in [2.05, 4.69) is 17.3 Å². The van der Waals surface area contributed by atoms with Gasteiger partial charge in [-0.3, -0.25) is 4.79 Å². The fourth-order valence-corrected chi connectivity index (χ4v) is 3.52. The molecule has 1 aromatic carbocycles. The Hall–Kier alpha value is -2.57. The predicted octanol–water partition coefficient (Wildman–Crippen LogP) is 3.32. The maximum atomic E-state index is 12.8. The van der Waals surface area contributed by atoms with Crippen LogP contribution in [0.3, 0.4) is 0 Å². The van der Waals surface area contributed by atoms with E-state index in [0.717, 1.165) is 29.8 Å². The number of nitrogens with zero attached hydrogens (tertiary/aromatic N) is 2. The molecule has 2 aliphatic rings. The van der Waals surface area contributed by atoms with E-state index in [1.807, 2.05) is 13.0 Å². The lowest BCUT2D eigenvalue weighted by molar-refractivity contribution is -0.132. The molecule has 1 aromatic rings. The third kappa shape index (κ3) is 3.91. The molecule has 0 atom stereocenters. The molecule has 3 amide bonds. The van der Waals surface area contributed by atoms with Gasteiger partial charge in [-0.05, 0) is 61.8 Å². The molecule has 1 heterocycles. The summed E-state index contributed by atoms with van der Waals surface area (Å²) in [6, 6.07) is 4.92. The molecule has 2 fully saturated rings. The standard InChI is InChI=1S/C20H27N3O4/c1-4-11-27-16-6-5-15(12-17(16)26-3)13-21-23-18(24)20(22-19(23)25)9-7-14(2)8-10-20/h5-6,12-14H,4,7-11H2,1-3H3,(H,22,25)/b21-13+. The molecule has 27 heavy (non-hydrogen) atoms. The molecule has 1 saturated carbocycles. The summed E-state index contributed by atoms with van der Waals surface area (Å²) >= 11 is 0. The summed E-state index contributed by atoms with van der Waals surface area (Å²) in [5.74, 6) is 1.56. The predicted molar refractivity (Wildman–Crippen MR) is 102 cm³/mol. The Morgan fingerprint density at radius 2 is 2.04 bits per heavy atom. The van der Waals surface area contributed by atoms with Gasteiger partial charge >= 0.3 is 6.03 Å². The number of carbonyl (C=O) groups is 2. The number of urea groups is 1. The second-order valence-electron chi connectivity index (χ2n) is 7.32. The summed E-state index contributed by atoms with van der Waals surface area (Å²) in [6.07, 6.45) is 5.59. The van der Waals surface area contributed by atoms with Crippen LogP contribution in [0.15, 0.2) is 23.3 Å². The zero-order valence-corrected chi connectivity index (χ0v) is 16.2. The van der Waals surface area contributed by atoms with Crippen molar-refractivity contribution < 1.29 is 19.1 Å². The molecule has 0 radical (unpaired) electrons. The first-order chi connectivity index (χ1) is 13.0. The average molecular weight is 373 g/mol. The van der Waals surface area contributed by atoms with Crippen molar-refractivity contribution in [3.63, 3.8) is 0 Å². The van der Waals surface area contributed by atoms with Gasteiger partial charge in [0.2, 0.25) is 0 Å². The quantitative estimate of drug-likeness (QED) is 0.613. The van der Waals surface area contributed by atoms with Crippen molar-refractivity contribution in [1.82, 2.24) is 10.3 Å². The lowest BCUT2D eigenvalue weighted by Crippen LogP contribution is -2.49. The van der Waals surface area contributed by atoms with E-state index in [0.29, 0.717) is 36.9 Å². The van der Waals surface area contributed by atoms with Gasteiger partial charge < -0.3 is 14.8 Å². The number of rotatable bonds is 6. The second-order valence-corrected chi connectivity index (χ2v) is 7.32. The van der Waals surface area contributed by atoms with Crippen LogP contribution < -0.4 is 14.8 Å². The van der Waals surface area contributed by atoms with E-state index < -0.39 is 11.6 Å². The van der Waals surface area contributed by atoms with E-state index >= 15 is 0 Å². The maximum Gasteiger partial charge on any atom is 0.346 e. The van der Waals surface area contributed by atoms with Crippen LogP contribution in [0, 0.1) is 5.92 Å². The van der Waals surface area contributed by atoms with Crippen LogP contribution in [0.25, 0.3) is 0 Å². The van der Waals surface area contributed by atoms with Crippen molar-refractivity contribution in [3.8, 4) is 11.5 Å². The van der Waals surface area contributed by atoms with Gasteiger partial charge in [-0.15, -0.1) is 5.01 Å². The highest BCUT2D eigenvalue weighted by atomic mass is 16.5. The fraction of sp³-hybridized carbons (Fsp3) is 0.550. The first-order valence-corrected chi connectivity index (χ1v) is 9.50. The van der Waals surface area contributed by atoms with Crippen molar-refractivity contribution in [2.75, 3.05) is 13.7 Å². The number of hydrogen-bond donors (Lipinski definition) is 1. The van der Waals surface area contributed by atoms with Crippen LogP contribution >= 0.6 is 0 Å². The Morgan fingerprint density at radius 3 is 2.70 bits per heavy atom. The number of hydrazone groups is 1. The first-order valence-electron chi connectivity index (χ1n) is 9.50. The van der Waals surface area contributed by atoms with Crippen LogP contribution in [0.5, 0.6) is 11.5 Å². The summed E-state index contributed by atoms with van der Waals surface area (Å²) in [5.41, 5.74) is -0.0641. The third-order valence-corrected chi connectivity index (χ3v) is 5.24. The van der Waals surface area contributed by atoms with Crippen LogP contribution in [-0.2, 0) is 4.79 Å². The normalized spacial score (nSPS) is 25.3. The molecule has 146 valence electrons. The number of imide groups is 1. The van der Waals surface area contributed by atoms with Crippen molar-refractivity contribution in [2.45, 2.75) is 51.5 Å². The fourth-order valence-electron chi connectivity index (χ4n) is 3.52. The van der Waals surface area contributed by atoms with E-state index in [-0.39, 0.29) is 5.91 Å². The highest BCUT2D eigenvalue weighted by Gasteiger charge is 2.52. The van der Waals surface area contributed by atoms with Crippen LogP contribution in [-0.4, -0.2) is 42.4 Å². The van der Waals surface area contributed by atoms with E-state index in [9.17, 15) is 9.59 Å². The molecule has 3 rings (SSSR count). The smallest absolute Gasteiger partial charge is 0.346 e. The highest BCUT2D eigenvalue weighted by molar-refractivity contribution is 6.07. The lowest BCUT2D eigenvalue weighted by Gasteiger charge is -2.33. The third-order valence-electron chi connectivity index (χ3n) is 5.24. The monoisotopic (exact) mass is 373 g/mol. The zero-order chi connectivity index (χ0) is 19.4. The van der Waals surface area contributed by atoms with Gasteiger partial charge in [-0.1, -0.05) is 13.8 Å². The number of nitrogens with one attached hydrogen (secondary N) is 1. The van der Waals surface area contributed by atoms with Crippen molar-refractivity contribution in [3.05, 3.63) is 23.8 Å². The summed E-state index contributed by atoms with van der Waals surface area (Å²) in [7, 11) is 1.57. The number of ether oxygens (including phenoxy) is 2. The van der Waals surface area contributed by atoms with Crippen molar-refractivity contribution >= 4 is 18.2 Å². The Morgan fingerprint density at radius 1 is 1.30 bits per heavy atom. The number of amides is 3. The molecule has 1 spiro atoms. The van der Waals surface area contributed by atoms with E-state index in [1.54, 1.807) is 19.2 Å². The van der Waals surface area contributed by atoms with Gasteiger partial charge in [-0.2, -0.15) is 5.10 Å². The molecule has 1 N–H and O–H groups in total. The SMILES string of the molecule is CCCOc1ccc(/C=N/N2C(=O)NC3(CCC(C)CC3)C2=O)cc1OC. The van der Waals surface area contributed by atoms with Gasteiger partial charge in [0, 0.05) is 0 Å². The molecule has 0 aromatic heterocycles. The largest absolute Gasteiger partial charge is 0.493 e. The maximum absolute atomic E-state index is 12.8. The number of hydrogen-bond acceptors (Lipinski definition) is 5. The summed E-state index contributed by atoms with van der Waals surface area (Å²) in [5, 5.41) is 7.95. The van der Waals surface area contributed by atoms with Gasteiger partial charge in [0.05, 0.1) is 19.9 Å². The van der Waals surface area contributed by atoms with Crippen molar-refractivity contribution in [1.29, 1.82) is 0 Å². The van der Waals surface area contributed by atoms with Crippen molar-refractivity contribution in [2.24, 2.45) is 11.0 Å². The van der Waals surface area contributed by atoms with Crippen LogP contribution in [0.2, 0.25) is 0 Å². The summed E-state index contributed by atoms with van der Waals surface area (Å²) < 4.78 is 11.0. The van der Waals surface area contributed by atoms with Gasteiger partial charge in [0.15, 0.2) is 11.5 Å². The minimum absolute atomic E-state index is 0.259. The zero-order valence-electron chi connectivity index (χ0n) is 16.2. The lowest BCUT2D eigenvalue weighted by atomic mass is 9.77. The summed E-state index contributed by atoms with van der Waals surface area (Å²) in [4.78, 5) is 25.1. The Kier molecular flexibility index (Phi) is 5.68. The Balaban J connectivity index is 1.74. The molecule has 7 nitrogen and oxygen atoms in total. The molecule has 0 bridgehead atoms. The van der Waals surface area contributed by atoms with Gasteiger partial charge in [0.25, 0.3) is 5.91 Å². The molecule has 1 aliphatic carbocycles. The molecule has 1 aliphatic heterocycles. The number of benzene rings is 1. The molecule has 0 unspecified atom stereocenters. The number of methoxy groups -OCH3 is 1. The molecule has 1 saturated heterocycles. The average Bonchev–Trinajstić information content (AvgIpc) is 2.90. The van der Waals surface area contributed by atoms with E-state index in [1.165, 1.54) is 6.21 Å². The van der Waals surface area contributed by atoms with Crippen LogP contribution in [0.4, 0.5) is 4.79 Å². The van der Waals surface area contributed by atoms with Crippen LogP contribution in [0.1, 0.15) is 51.5 Å². The van der Waals surface area contributed by atoms with Gasteiger partial charge in [-0.25, -0.2) is 4.79 Å². The highest BCUT2D eigenvalue weighted by Crippen LogP contribution is 2.36. The van der Waals surface area contributed by atoms with Gasteiger partial charge in [0.1, 0.15) is 5.54 Å². The summed E-state index contributed by atoms with van der Waals surface area (Å²) in [6.45, 7) is 4.81. The molecular weight excluding hydrogens is 346 g/mol. The molecular formula is C20H27N3O4. The second kappa shape index (κ2) is 7.98. The topological polar surface area (TPSA) is 80.2 Å². The minimum Gasteiger partial charge on any atom is -0.493 e. The van der Waals surface area contributed by atoms with E-state index in [4.69, 9.17) is 9.47 Å². The Bertz CT molecular complexity index is 739. The number of carbonyl (C=O) groups excluding carboxylic acids is 2. The minimum atomic E-state index is -0.781.